The lowest BCUT2D eigenvalue weighted by Crippen LogP contribution is -2.49. The molecule has 0 aromatic rings. The van der Waals surface area contributed by atoms with Crippen molar-refractivity contribution in [1.82, 2.24) is 9.80 Å². The summed E-state index contributed by atoms with van der Waals surface area (Å²) < 4.78 is 0. The molecule has 2 rings (SSSR count). The number of hydrogen-bond acceptors (Lipinski definition) is 2. The summed E-state index contributed by atoms with van der Waals surface area (Å²) in [5.74, 6) is -0.250. The van der Waals surface area contributed by atoms with Gasteiger partial charge < -0.3 is 14.9 Å². The molecule has 5 heteroatoms. The van der Waals surface area contributed by atoms with E-state index >= 15 is 0 Å². The molecule has 1 N–H and O–H groups in total. The van der Waals surface area contributed by atoms with Gasteiger partial charge in [0.2, 0.25) is 0 Å². The Morgan fingerprint density at radius 1 is 1.28 bits per heavy atom. The summed E-state index contributed by atoms with van der Waals surface area (Å²) in [5.41, 5.74) is 0. The van der Waals surface area contributed by atoms with Crippen molar-refractivity contribution in [2.45, 2.75) is 45.1 Å². The van der Waals surface area contributed by atoms with Gasteiger partial charge in [0, 0.05) is 19.6 Å². The van der Waals surface area contributed by atoms with Crippen LogP contribution < -0.4 is 0 Å². The summed E-state index contributed by atoms with van der Waals surface area (Å²) in [6.07, 6.45) is 5.04. The standard InChI is InChI=1S/C13H22N2O3/c1-2-14(9-10-5-3-6-10)13(18)15-8-4-7-11(15)12(16)17/h10-11H,2-9H2,1H3,(H,16,17). The van der Waals surface area contributed by atoms with E-state index in [1.165, 1.54) is 24.2 Å². The van der Waals surface area contributed by atoms with E-state index in [-0.39, 0.29) is 6.03 Å². The maximum Gasteiger partial charge on any atom is 0.326 e. The molecule has 0 spiro atoms. The topological polar surface area (TPSA) is 60.9 Å². The fourth-order valence-corrected chi connectivity index (χ4v) is 2.76. The van der Waals surface area contributed by atoms with Crippen LogP contribution in [0.5, 0.6) is 0 Å². The number of carboxylic acids is 1. The molecule has 0 aromatic heterocycles. The van der Waals surface area contributed by atoms with Crippen LogP contribution >= 0.6 is 0 Å². The summed E-state index contributed by atoms with van der Waals surface area (Å²) in [4.78, 5) is 26.8. The Bertz CT molecular complexity index is 328. The molecule has 0 bridgehead atoms. The SMILES string of the molecule is CCN(CC1CCC1)C(=O)N1CCCC1C(=O)O. The minimum atomic E-state index is -0.874. The third kappa shape index (κ3) is 2.60. The van der Waals surface area contributed by atoms with Crippen LogP contribution in [-0.2, 0) is 4.79 Å². The highest BCUT2D eigenvalue weighted by molar-refractivity contribution is 5.83. The van der Waals surface area contributed by atoms with Crippen molar-refractivity contribution in [1.29, 1.82) is 0 Å². The van der Waals surface area contributed by atoms with E-state index in [1.807, 2.05) is 11.8 Å². The van der Waals surface area contributed by atoms with Gasteiger partial charge in [0.05, 0.1) is 0 Å². The number of urea groups is 1. The summed E-state index contributed by atoms with van der Waals surface area (Å²) in [5, 5.41) is 9.11. The van der Waals surface area contributed by atoms with Gasteiger partial charge in [-0.05, 0) is 38.5 Å². The first-order chi connectivity index (χ1) is 8.63. The van der Waals surface area contributed by atoms with Gasteiger partial charge in [-0.25, -0.2) is 9.59 Å². The summed E-state index contributed by atoms with van der Waals surface area (Å²) in [6, 6.07) is -0.706. The normalized spacial score (nSPS) is 23.8. The highest BCUT2D eigenvalue weighted by Crippen LogP contribution is 2.28. The van der Waals surface area contributed by atoms with E-state index in [9.17, 15) is 9.59 Å². The fraction of sp³-hybridized carbons (Fsp3) is 0.846. The van der Waals surface area contributed by atoms with Crippen molar-refractivity contribution < 1.29 is 14.7 Å². The molecule has 2 fully saturated rings. The lowest BCUT2D eigenvalue weighted by atomic mass is 9.85. The van der Waals surface area contributed by atoms with Gasteiger partial charge in [-0.15, -0.1) is 0 Å². The van der Waals surface area contributed by atoms with Crippen molar-refractivity contribution in [3.8, 4) is 0 Å². The van der Waals surface area contributed by atoms with Crippen LogP contribution in [0, 0.1) is 5.92 Å². The molecule has 2 aliphatic rings. The van der Waals surface area contributed by atoms with E-state index in [1.54, 1.807) is 0 Å². The fourth-order valence-electron chi connectivity index (χ4n) is 2.76. The van der Waals surface area contributed by atoms with E-state index in [0.717, 1.165) is 13.0 Å². The summed E-state index contributed by atoms with van der Waals surface area (Å²) in [6.45, 7) is 4.00. The second-order valence-corrected chi connectivity index (χ2v) is 5.31. The number of likely N-dealkylation sites (tertiary alicyclic amines) is 1. The Morgan fingerprint density at radius 2 is 2.00 bits per heavy atom. The number of aliphatic carboxylic acids is 1. The second-order valence-electron chi connectivity index (χ2n) is 5.31. The monoisotopic (exact) mass is 254 g/mol. The molecule has 1 heterocycles. The van der Waals surface area contributed by atoms with Crippen molar-refractivity contribution in [2.24, 2.45) is 5.92 Å². The van der Waals surface area contributed by atoms with Crippen LogP contribution in [-0.4, -0.2) is 52.6 Å². The number of carboxylic acid groups (broad SMARTS) is 1. The van der Waals surface area contributed by atoms with E-state index in [0.29, 0.717) is 25.4 Å². The Labute approximate surface area is 108 Å². The maximum atomic E-state index is 12.4. The molecule has 5 nitrogen and oxygen atoms in total. The molecule has 1 saturated carbocycles. The Morgan fingerprint density at radius 3 is 2.50 bits per heavy atom. The van der Waals surface area contributed by atoms with E-state index in [2.05, 4.69) is 0 Å². The maximum absolute atomic E-state index is 12.4. The third-order valence-corrected chi connectivity index (χ3v) is 4.14. The lowest BCUT2D eigenvalue weighted by molar-refractivity contribution is -0.141. The van der Waals surface area contributed by atoms with E-state index in [4.69, 9.17) is 5.11 Å². The predicted octanol–water partition coefficient (Wildman–Crippen LogP) is 1.78. The van der Waals surface area contributed by atoms with Gasteiger partial charge in [0.15, 0.2) is 0 Å². The number of rotatable bonds is 4. The highest BCUT2D eigenvalue weighted by atomic mass is 16.4. The highest BCUT2D eigenvalue weighted by Gasteiger charge is 2.36. The van der Waals surface area contributed by atoms with Gasteiger partial charge >= 0.3 is 12.0 Å². The molecular weight excluding hydrogens is 232 g/mol. The van der Waals surface area contributed by atoms with Crippen molar-refractivity contribution in [3.05, 3.63) is 0 Å². The minimum Gasteiger partial charge on any atom is -0.480 e. The Kier molecular flexibility index (Phi) is 4.09. The number of carbonyl (C=O) groups excluding carboxylic acids is 1. The molecule has 0 radical (unpaired) electrons. The largest absolute Gasteiger partial charge is 0.480 e. The van der Waals surface area contributed by atoms with Crippen LogP contribution in [0.1, 0.15) is 39.0 Å². The van der Waals surface area contributed by atoms with Crippen LogP contribution in [0.3, 0.4) is 0 Å². The first kappa shape index (κ1) is 13.2. The molecular formula is C13H22N2O3. The van der Waals surface area contributed by atoms with Gasteiger partial charge in [0.25, 0.3) is 0 Å². The number of amides is 2. The number of hydrogen-bond donors (Lipinski definition) is 1. The first-order valence-electron chi connectivity index (χ1n) is 6.91. The quantitative estimate of drug-likeness (QED) is 0.831. The van der Waals surface area contributed by atoms with Gasteiger partial charge in [-0.3, -0.25) is 0 Å². The van der Waals surface area contributed by atoms with Crippen LogP contribution in [0.4, 0.5) is 4.79 Å². The van der Waals surface area contributed by atoms with Crippen molar-refractivity contribution in [3.63, 3.8) is 0 Å². The van der Waals surface area contributed by atoms with Crippen LogP contribution in [0.2, 0.25) is 0 Å². The van der Waals surface area contributed by atoms with Crippen molar-refractivity contribution in [2.75, 3.05) is 19.6 Å². The molecule has 1 aliphatic heterocycles. The van der Waals surface area contributed by atoms with E-state index < -0.39 is 12.0 Å². The van der Waals surface area contributed by atoms with Crippen LogP contribution in [0.25, 0.3) is 0 Å². The molecule has 1 saturated heterocycles. The summed E-state index contributed by atoms with van der Waals surface area (Å²) >= 11 is 0. The number of nitrogens with zero attached hydrogens (tertiary/aromatic N) is 2. The third-order valence-electron chi connectivity index (χ3n) is 4.14. The Balaban J connectivity index is 1.96. The Hall–Kier alpha value is -1.26. The van der Waals surface area contributed by atoms with Crippen LogP contribution in [0.15, 0.2) is 0 Å². The smallest absolute Gasteiger partial charge is 0.326 e. The van der Waals surface area contributed by atoms with Gasteiger partial charge in [-0.2, -0.15) is 0 Å². The molecule has 1 unspecified atom stereocenters. The molecule has 1 aliphatic carbocycles. The average molecular weight is 254 g/mol. The first-order valence-corrected chi connectivity index (χ1v) is 6.91. The zero-order chi connectivity index (χ0) is 13.1. The molecule has 0 aromatic carbocycles. The van der Waals surface area contributed by atoms with Crippen molar-refractivity contribution >= 4 is 12.0 Å². The average Bonchev–Trinajstić information content (AvgIpc) is 2.76. The zero-order valence-corrected chi connectivity index (χ0v) is 11.0. The predicted molar refractivity (Wildman–Crippen MR) is 67.3 cm³/mol. The zero-order valence-electron chi connectivity index (χ0n) is 11.0. The molecule has 2 amide bonds. The molecule has 1 atom stereocenters. The second kappa shape index (κ2) is 5.59. The lowest BCUT2D eigenvalue weighted by Gasteiger charge is -2.35. The van der Waals surface area contributed by atoms with Gasteiger partial charge in [0.1, 0.15) is 6.04 Å². The summed E-state index contributed by atoms with van der Waals surface area (Å²) in [7, 11) is 0. The molecule has 102 valence electrons. The van der Waals surface area contributed by atoms with Gasteiger partial charge in [-0.1, -0.05) is 6.42 Å². The minimum absolute atomic E-state index is 0.0886. The molecule has 18 heavy (non-hydrogen) atoms. The number of carbonyl (C=O) groups is 2.